The van der Waals surface area contributed by atoms with E-state index in [1.807, 2.05) is 83.1 Å². The Bertz CT molecular complexity index is 1070. The van der Waals surface area contributed by atoms with Gasteiger partial charge < -0.3 is 30.3 Å². The maximum absolute atomic E-state index is 12.0. The van der Waals surface area contributed by atoms with Crippen LogP contribution in [0.2, 0.25) is 0 Å². The summed E-state index contributed by atoms with van der Waals surface area (Å²) in [6, 6.07) is 19.6. The fourth-order valence-corrected chi connectivity index (χ4v) is 3.79. The first-order chi connectivity index (χ1) is 19.6. The van der Waals surface area contributed by atoms with Crippen LogP contribution in [0.5, 0.6) is 0 Å². The Labute approximate surface area is 256 Å². The van der Waals surface area contributed by atoms with Gasteiger partial charge in [0.15, 0.2) is 0 Å². The molecule has 3 amide bonds. The van der Waals surface area contributed by atoms with Crippen molar-refractivity contribution in [1.29, 1.82) is 0 Å². The molecule has 0 spiro atoms. The smallest absolute Gasteiger partial charge is 0.407 e. The molecule has 0 heterocycles. The molecule has 0 saturated carbocycles. The Morgan fingerprint density at radius 1 is 0.762 bits per heavy atom. The van der Waals surface area contributed by atoms with Crippen LogP contribution in [-0.4, -0.2) is 65.2 Å². The molecule has 0 aromatic heterocycles. The number of carbonyl (C=O) groups is 3. The zero-order chi connectivity index (χ0) is 31.8. The summed E-state index contributed by atoms with van der Waals surface area (Å²) in [5.74, 6) is -0.264. The lowest BCUT2D eigenvalue weighted by atomic mass is 10.2. The van der Waals surface area contributed by atoms with E-state index in [0.717, 1.165) is 12.1 Å². The van der Waals surface area contributed by atoms with Crippen LogP contribution in [-0.2, 0) is 27.4 Å². The number of ether oxygens (including phenoxy) is 2. The quantitative estimate of drug-likeness (QED) is 0.277. The maximum atomic E-state index is 12.0. The monoisotopic (exact) mass is 604 g/mol. The fourth-order valence-electron chi connectivity index (χ4n) is 3.62. The van der Waals surface area contributed by atoms with Gasteiger partial charge >= 0.3 is 12.2 Å². The Balaban J connectivity index is 0.000000428. The van der Waals surface area contributed by atoms with Gasteiger partial charge in [0.1, 0.15) is 17.1 Å². The molecule has 0 unspecified atom stereocenters. The molecule has 0 bridgehead atoms. The lowest BCUT2D eigenvalue weighted by Crippen LogP contribution is -2.45. The van der Waals surface area contributed by atoms with Crippen molar-refractivity contribution in [1.82, 2.24) is 20.9 Å². The topological polar surface area (TPSA) is 109 Å². The van der Waals surface area contributed by atoms with Crippen molar-refractivity contribution in [2.45, 2.75) is 91.8 Å². The number of hydrogen-bond donors (Lipinski definition) is 3. The molecule has 2 rings (SSSR count). The van der Waals surface area contributed by atoms with Crippen LogP contribution in [0, 0.1) is 0 Å². The molecule has 0 radical (unpaired) electrons. The Morgan fingerprint density at radius 3 is 1.67 bits per heavy atom. The molecule has 234 valence electrons. The Hall–Kier alpha value is -3.30. The molecule has 42 heavy (non-hydrogen) atoms. The third-order valence-corrected chi connectivity index (χ3v) is 5.55. The second-order valence-electron chi connectivity index (χ2n) is 12.1. The number of carbonyl (C=O) groups excluding carboxylic acids is 3. The van der Waals surface area contributed by atoms with E-state index >= 15 is 0 Å². The van der Waals surface area contributed by atoms with Gasteiger partial charge in [0, 0.05) is 38.3 Å². The summed E-state index contributed by atoms with van der Waals surface area (Å²) in [4.78, 5) is 37.0. The third-order valence-electron chi connectivity index (χ3n) is 5.33. The molecule has 0 aliphatic rings. The van der Waals surface area contributed by atoms with Crippen molar-refractivity contribution in [3.63, 3.8) is 0 Å². The van der Waals surface area contributed by atoms with Crippen LogP contribution < -0.4 is 16.0 Å². The summed E-state index contributed by atoms with van der Waals surface area (Å²) in [6.07, 6.45) is -0.871. The van der Waals surface area contributed by atoms with Crippen LogP contribution in [0.25, 0.3) is 0 Å². The molecule has 0 aliphatic heterocycles. The summed E-state index contributed by atoms with van der Waals surface area (Å²) >= 11 is 5.69. The molecule has 10 heteroatoms. The molecular weight excluding hydrogens is 556 g/mol. The molecule has 2 atom stereocenters. The molecular formula is C32H49ClN4O5. The van der Waals surface area contributed by atoms with Crippen molar-refractivity contribution in [2.24, 2.45) is 0 Å². The van der Waals surface area contributed by atoms with E-state index in [0.29, 0.717) is 19.6 Å². The molecule has 2 aromatic rings. The second-order valence-corrected chi connectivity index (χ2v) is 12.4. The average Bonchev–Trinajstić information content (AvgIpc) is 2.87. The number of nitrogens with one attached hydrogen (secondary N) is 3. The minimum Gasteiger partial charge on any atom is -0.444 e. The minimum absolute atomic E-state index is 0.0264. The lowest BCUT2D eigenvalue weighted by molar-refractivity contribution is -0.129. The van der Waals surface area contributed by atoms with Crippen LogP contribution in [0.1, 0.15) is 66.5 Å². The van der Waals surface area contributed by atoms with E-state index in [2.05, 4.69) is 28.1 Å². The van der Waals surface area contributed by atoms with Crippen LogP contribution >= 0.6 is 11.6 Å². The van der Waals surface area contributed by atoms with Gasteiger partial charge in [-0.2, -0.15) is 0 Å². The van der Waals surface area contributed by atoms with Gasteiger partial charge in [-0.05, 0) is 66.5 Å². The largest absolute Gasteiger partial charge is 0.444 e. The molecule has 9 nitrogen and oxygen atoms in total. The number of rotatable bonds is 11. The highest BCUT2D eigenvalue weighted by Gasteiger charge is 2.21. The van der Waals surface area contributed by atoms with Gasteiger partial charge in [0.25, 0.3) is 0 Å². The van der Waals surface area contributed by atoms with Crippen molar-refractivity contribution in [2.75, 3.05) is 19.0 Å². The van der Waals surface area contributed by atoms with Crippen LogP contribution in [0.15, 0.2) is 60.7 Å². The normalized spacial score (nSPS) is 12.6. The van der Waals surface area contributed by atoms with Crippen LogP contribution in [0.4, 0.5) is 9.59 Å². The van der Waals surface area contributed by atoms with E-state index in [1.54, 1.807) is 25.7 Å². The van der Waals surface area contributed by atoms with Gasteiger partial charge in [-0.15, -0.1) is 11.6 Å². The predicted molar refractivity (Wildman–Crippen MR) is 168 cm³/mol. The minimum atomic E-state index is -0.556. The van der Waals surface area contributed by atoms with Gasteiger partial charge in [-0.1, -0.05) is 60.7 Å². The number of amides is 3. The van der Waals surface area contributed by atoms with Crippen molar-refractivity contribution >= 4 is 29.7 Å². The highest BCUT2D eigenvalue weighted by Crippen LogP contribution is 2.09. The highest BCUT2D eigenvalue weighted by atomic mass is 35.5. The summed E-state index contributed by atoms with van der Waals surface area (Å²) < 4.78 is 10.4. The van der Waals surface area contributed by atoms with E-state index in [4.69, 9.17) is 21.1 Å². The highest BCUT2D eigenvalue weighted by molar-refractivity contribution is 6.27. The maximum Gasteiger partial charge on any atom is 0.407 e. The lowest BCUT2D eigenvalue weighted by Gasteiger charge is -2.27. The standard InChI is InChI=1S/C17H25ClN2O3.C15H24N2O2/c1-13(19-16(22)23-17(2,3)4)11-20(15(21)10-18)12-14-8-6-5-7-9-14;1-12(17-14(18)19-15(2,3)4)10-16-11-13-8-6-5-7-9-13/h5-9,13H,10-12H2,1-4H3,(H,19,22);5-9,12,16H,10-11H2,1-4H3,(H,17,18)/t13-;12-/m00/s1. The zero-order valence-electron chi connectivity index (χ0n) is 26.3. The van der Waals surface area contributed by atoms with E-state index in [-0.39, 0.29) is 30.0 Å². The number of benzene rings is 2. The number of alkyl carbamates (subject to hydrolysis) is 2. The number of halogens is 1. The molecule has 0 fully saturated rings. The summed E-state index contributed by atoms with van der Waals surface area (Å²) in [7, 11) is 0. The van der Waals surface area contributed by atoms with Crippen LogP contribution in [0.3, 0.4) is 0 Å². The number of nitrogens with zero attached hydrogens (tertiary/aromatic N) is 1. The number of alkyl halides is 1. The Kier molecular flexibility index (Phi) is 16.0. The summed E-state index contributed by atoms with van der Waals surface area (Å²) in [5.41, 5.74) is 1.23. The summed E-state index contributed by atoms with van der Waals surface area (Å²) in [5, 5.41) is 8.83. The van der Waals surface area contributed by atoms with E-state index in [1.165, 1.54) is 5.56 Å². The first-order valence-electron chi connectivity index (χ1n) is 14.2. The van der Waals surface area contributed by atoms with Gasteiger partial charge in [0.05, 0.1) is 0 Å². The average molecular weight is 605 g/mol. The fraction of sp³-hybridized carbons (Fsp3) is 0.531. The second kappa shape index (κ2) is 18.3. The first-order valence-corrected chi connectivity index (χ1v) is 14.7. The van der Waals surface area contributed by atoms with Crippen molar-refractivity contribution in [3.05, 3.63) is 71.8 Å². The van der Waals surface area contributed by atoms with E-state index in [9.17, 15) is 14.4 Å². The molecule has 0 aliphatic carbocycles. The first kappa shape index (κ1) is 36.7. The van der Waals surface area contributed by atoms with Gasteiger partial charge in [-0.25, -0.2) is 9.59 Å². The molecule has 0 saturated heterocycles. The van der Waals surface area contributed by atoms with Gasteiger partial charge in [0.2, 0.25) is 5.91 Å². The third kappa shape index (κ3) is 18.2. The van der Waals surface area contributed by atoms with E-state index < -0.39 is 17.3 Å². The van der Waals surface area contributed by atoms with Crippen molar-refractivity contribution in [3.8, 4) is 0 Å². The Morgan fingerprint density at radius 2 is 1.21 bits per heavy atom. The SMILES string of the molecule is C[C@@H](CN(Cc1ccccc1)C(=O)CCl)NC(=O)OC(C)(C)C.C[C@@H](CNCc1ccccc1)NC(=O)OC(C)(C)C. The molecule has 3 N–H and O–H groups in total. The molecule has 2 aromatic carbocycles. The van der Waals surface area contributed by atoms with Gasteiger partial charge in [-0.3, -0.25) is 4.79 Å². The predicted octanol–water partition coefficient (Wildman–Crippen LogP) is 5.86. The summed E-state index contributed by atoms with van der Waals surface area (Å²) in [6.45, 7) is 17.0. The zero-order valence-corrected chi connectivity index (χ0v) is 27.1. The van der Waals surface area contributed by atoms with Crippen molar-refractivity contribution < 1.29 is 23.9 Å². The number of hydrogen-bond acceptors (Lipinski definition) is 6.